The maximum atomic E-state index is 9.96. The Balaban J connectivity index is 0.000000321. The molecule has 2 aliphatic rings. The lowest BCUT2D eigenvalue weighted by Crippen LogP contribution is -2.80. The van der Waals surface area contributed by atoms with Crippen LogP contribution in [0, 0.1) is 18.8 Å². The topological polar surface area (TPSA) is 136 Å². The second kappa shape index (κ2) is 11.3. The highest BCUT2D eigenvalue weighted by molar-refractivity contribution is 5.92. The maximum Gasteiger partial charge on any atom is 0.328 e. The largest absolute Gasteiger partial charge is 0.545 e. The molecule has 2 aliphatic carbocycles. The summed E-state index contributed by atoms with van der Waals surface area (Å²) in [7, 11) is 0. The number of quaternary nitrogens is 1. The van der Waals surface area contributed by atoms with Crippen LogP contribution in [0.15, 0.2) is 41.6 Å². The standard InChI is InChI=1S/C17H24N2O2.C4H4O4/c1-12-2-8-15(9-3-12)18-10-16(20)11-21-19-17(13-4-5-13)14-6-7-14;5-3(6)1-2-4(7)8/h2-3,8-9,13-14,16,18,20H,4-7,10-11H2,1H3;1-2H,(H,5,6)(H,7,8)/b;2-1-/t16-;/m0./s1. The predicted octanol–water partition coefficient (Wildman–Crippen LogP) is 0.121. The third kappa shape index (κ3) is 9.87. The summed E-state index contributed by atoms with van der Waals surface area (Å²) in [5.41, 5.74) is 3.64. The summed E-state index contributed by atoms with van der Waals surface area (Å²) in [6.07, 6.45) is 5.52. The number of rotatable bonds is 10. The van der Waals surface area contributed by atoms with Crippen molar-refractivity contribution in [1.82, 2.24) is 0 Å². The van der Waals surface area contributed by atoms with Gasteiger partial charge in [0.25, 0.3) is 0 Å². The molecule has 8 heteroatoms. The molecule has 0 spiro atoms. The molecule has 0 heterocycles. The van der Waals surface area contributed by atoms with Crippen LogP contribution in [0.25, 0.3) is 0 Å². The van der Waals surface area contributed by atoms with Gasteiger partial charge in [0.1, 0.15) is 24.9 Å². The molecule has 0 amide bonds. The Kier molecular flexibility index (Phi) is 8.82. The molecule has 0 aromatic heterocycles. The second-order valence-electron chi connectivity index (χ2n) is 7.36. The molecule has 1 aromatic rings. The Morgan fingerprint density at radius 2 is 1.79 bits per heavy atom. The number of nitrogens with two attached hydrogens (primary N) is 1. The minimum absolute atomic E-state index is 0.283. The highest BCUT2D eigenvalue weighted by Crippen LogP contribution is 2.42. The summed E-state index contributed by atoms with van der Waals surface area (Å²) >= 11 is 0. The van der Waals surface area contributed by atoms with E-state index in [4.69, 9.17) is 9.94 Å². The molecule has 4 N–H and O–H groups in total. The molecule has 1 atom stereocenters. The van der Waals surface area contributed by atoms with E-state index < -0.39 is 18.0 Å². The van der Waals surface area contributed by atoms with E-state index in [1.54, 1.807) is 0 Å². The smallest absolute Gasteiger partial charge is 0.328 e. The zero-order chi connectivity index (χ0) is 21.2. The van der Waals surface area contributed by atoms with Crippen molar-refractivity contribution in [3.8, 4) is 0 Å². The molecule has 0 unspecified atom stereocenters. The van der Waals surface area contributed by atoms with Gasteiger partial charge in [-0.2, -0.15) is 0 Å². The number of carbonyl (C=O) groups is 2. The third-order valence-corrected chi connectivity index (χ3v) is 4.49. The summed E-state index contributed by atoms with van der Waals surface area (Å²) in [5.74, 6) is -1.45. The van der Waals surface area contributed by atoms with Crippen LogP contribution in [0.2, 0.25) is 0 Å². The molecular formula is C21H28N2O6. The number of aryl methyl sites for hydroxylation is 1. The third-order valence-electron chi connectivity index (χ3n) is 4.49. The van der Waals surface area contributed by atoms with Gasteiger partial charge in [0, 0.05) is 17.9 Å². The van der Waals surface area contributed by atoms with Crippen LogP contribution >= 0.6 is 0 Å². The molecule has 0 saturated heterocycles. The van der Waals surface area contributed by atoms with E-state index in [1.807, 2.05) is 5.32 Å². The van der Waals surface area contributed by atoms with Gasteiger partial charge in [0.2, 0.25) is 0 Å². The number of aliphatic hydroxyl groups is 1. The van der Waals surface area contributed by atoms with Crippen molar-refractivity contribution in [3.05, 3.63) is 42.0 Å². The Morgan fingerprint density at radius 3 is 2.24 bits per heavy atom. The number of hydrogen-bond acceptors (Lipinski definition) is 6. The number of carbonyl (C=O) groups excluding carboxylic acids is 1. The molecule has 29 heavy (non-hydrogen) atoms. The number of oxime groups is 1. The lowest BCUT2D eigenvalue weighted by molar-refractivity contribution is -0.580. The quantitative estimate of drug-likeness (QED) is 0.219. The highest BCUT2D eigenvalue weighted by atomic mass is 16.6. The number of benzene rings is 1. The fraction of sp³-hybridized carbons (Fsp3) is 0.476. The van der Waals surface area contributed by atoms with Crippen molar-refractivity contribution in [3.63, 3.8) is 0 Å². The van der Waals surface area contributed by atoms with Crippen LogP contribution in [0.3, 0.4) is 0 Å². The predicted molar refractivity (Wildman–Crippen MR) is 104 cm³/mol. The highest BCUT2D eigenvalue weighted by Gasteiger charge is 2.38. The summed E-state index contributed by atoms with van der Waals surface area (Å²) in [6, 6.07) is 8.30. The normalized spacial score (nSPS) is 16.5. The van der Waals surface area contributed by atoms with Crippen LogP contribution in [0.1, 0.15) is 31.2 Å². The average Bonchev–Trinajstić information content (AvgIpc) is 3.57. The van der Waals surface area contributed by atoms with E-state index in [2.05, 4.69) is 36.3 Å². The number of nitrogens with zero attached hydrogens (tertiary/aromatic N) is 1. The monoisotopic (exact) mass is 404 g/mol. The van der Waals surface area contributed by atoms with E-state index in [0.717, 1.165) is 5.69 Å². The van der Waals surface area contributed by atoms with Gasteiger partial charge in [-0.15, -0.1) is 0 Å². The first-order valence-corrected chi connectivity index (χ1v) is 9.74. The minimum atomic E-state index is -1.51. The zero-order valence-corrected chi connectivity index (χ0v) is 16.5. The number of carboxylic acid groups (broad SMARTS) is 2. The van der Waals surface area contributed by atoms with Crippen LogP contribution in [0.4, 0.5) is 5.69 Å². The van der Waals surface area contributed by atoms with Crippen LogP contribution in [0.5, 0.6) is 0 Å². The summed E-state index contributed by atoms with van der Waals surface area (Å²) in [6.45, 7) is 2.95. The molecule has 2 fully saturated rings. The Morgan fingerprint density at radius 1 is 1.21 bits per heavy atom. The molecular weight excluding hydrogens is 376 g/mol. The first-order chi connectivity index (χ1) is 13.8. The number of aliphatic carboxylic acids is 2. The number of carboxylic acids is 2. The minimum Gasteiger partial charge on any atom is -0.545 e. The molecule has 158 valence electrons. The van der Waals surface area contributed by atoms with Gasteiger partial charge < -0.3 is 30.3 Å². The molecule has 0 aliphatic heterocycles. The summed E-state index contributed by atoms with van der Waals surface area (Å²) in [5, 5.41) is 33.5. The summed E-state index contributed by atoms with van der Waals surface area (Å²) < 4.78 is 0. The SMILES string of the molecule is Cc1ccc([NH2+]C[C@H](O)CON=C(C2CC2)C2CC2)cc1.O=C([O-])/C=C\C(=O)O. The van der Waals surface area contributed by atoms with Gasteiger partial charge in [-0.3, -0.25) is 0 Å². The van der Waals surface area contributed by atoms with Crippen molar-refractivity contribution < 1.29 is 35.1 Å². The maximum absolute atomic E-state index is 9.96. The first kappa shape index (κ1) is 22.6. The molecule has 2 saturated carbocycles. The van der Waals surface area contributed by atoms with Crippen molar-refractivity contribution >= 4 is 23.3 Å². The van der Waals surface area contributed by atoms with E-state index >= 15 is 0 Å². The van der Waals surface area contributed by atoms with E-state index in [1.165, 1.54) is 37.0 Å². The van der Waals surface area contributed by atoms with Gasteiger partial charge in [0.15, 0.2) is 0 Å². The van der Waals surface area contributed by atoms with Crippen molar-refractivity contribution in [2.75, 3.05) is 13.2 Å². The molecule has 0 radical (unpaired) electrons. The van der Waals surface area contributed by atoms with Crippen LogP contribution < -0.4 is 10.4 Å². The second-order valence-corrected chi connectivity index (χ2v) is 7.36. The lowest BCUT2D eigenvalue weighted by Gasteiger charge is -2.09. The molecule has 3 rings (SSSR count). The first-order valence-electron chi connectivity index (χ1n) is 9.74. The van der Waals surface area contributed by atoms with Gasteiger partial charge in [-0.1, -0.05) is 22.9 Å². The zero-order valence-electron chi connectivity index (χ0n) is 16.5. The van der Waals surface area contributed by atoms with E-state index in [-0.39, 0.29) is 6.61 Å². The molecule has 1 aromatic carbocycles. The van der Waals surface area contributed by atoms with Gasteiger partial charge in [-0.05, 0) is 50.8 Å². The Bertz CT molecular complexity index is 706. The Hall–Kier alpha value is -2.71. The number of hydrogen-bond donors (Lipinski definition) is 3. The lowest BCUT2D eigenvalue weighted by atomic mass is 10.2. The fourth-order valence-corrected chi connectivity index (χ4v) is 2.62. The fourth-order valence-electron chi connectivity index (χ4n) is 2.62. The van der Waals surface area contributed by atoms with Crippen molar-refractivity contribution in [1.29, 1.82) is 0 Å². The van der Waals surface area contributed by atoms with Crippen molar-refractivity contribution in [2.24, 2.45) is 17.0 Å². The molecule has 0 bridgehead atoms. The van der Waals surface area contributed by atoms with Crippen LogP contribution in [-0.2, 0) is 14.4 Å². The molecule has 8 nitrogen and oxygen atoms in total. The van der Waals surface area contributed by atoms with E-state index in [0.29, 0.717) is 30.5 Å². The van der Waals surface area contributed by atoms with Crippen LogP contribution in [-0.4, -0.2) is 47.1 Å². The Labute approximate surface area is 169 Å². The number of aliphatic hydroxyl groups excluding tert-OH is 1. The van der Waals surface area contributed by atoms with E-state index in [9.17, 15) is 19.8 Å². The summed E-state index contributed by atoms with van der Waals surface area (Å²) in [4.78, 5) is 24.4. The van der Waals surface area contributed by atoms with Crippen molar-refractivity contribution in [2.45, 2.75) is 38.7 Å². The van der Waals surface area contributed by atoms with Gasteiger partial charge in [0.05, 0.1) is 11.7 Å². The van der Waals surface area contributed by atoms with Gasteiger partial charge >= 0.3 is 5.97 Å². The average molecular weight is 404 g/mol. The van der Waals surface area contributed by atoms with Gasteiger partial charge in [-0.25, -0.2) is 4.79 Å².